The molecule has 0 saturated heterocycles. The van der Waals surface area contributed by atoms with Crippen molar-refractivity contribution >= 4 is 11.6 Å². The Balaban J connectivity index is 2.30. The maximum Gasteiger partial charge on any atom is 0.134 e. The number of allylic oxidation sites excluding steroid dienone is 2. The lowest BCUT2D eigenvalue weighted by atomic mass is 9.79. The lowest BCUT2D eigenvalue weighted by Crippen LogP contribution is -2.30. The van der Waals surface area contributed by atoms with Gasteiger partial charge in [0, 0.05) is 11.8 Å². The summed E-state index contributed by atoms with van der Waals surface area (Å²) in [7, 11) is 0. The zero-order chi connectivity index (χ0) is 9.59. The third kappa shape index (κ3) is 1.16. The molecule has 1 fully saturated rings. The topological polar surface area (TPSA) is 34.1 Å². The standard InChI is InChI=1S/C11H14O2/c1-6(12)10-8-3-4-9(5-8)11(10)7(2)13/h3-4,8-11H,5H2,1-2H3/t8?,9?,10-,11-/m0/s1. The smallest absolute Gasteiger partial charge is 0.134 e. The third-order valence-electron chi connectivity index (χ3n) is 3.40. The van der Waals surface area contributed by atoms with Crippen LogP contribution in [0.15, 0.2) is 12.2 Å². The largest absolute Gasteiger partial charge is 0.300 e. The van der Waals surface area contributed by atoms with Crippen LogP contribution >= 0.6 is 0 Å². The van der Waals surface area contributed by atoms with E-state index in [4.69, 9.17) is 0 Å². The minimum atomic E-state index is -0.0208. The fraction of sp³-hybridized carbons (Fsp3) is 0.636. The van der Waals surface area contributed by atoms with Gasteiger partial charge >= 0.3 is 0 Å². The Morgan fingerprint density at radius 1 is 1.00 bits per heavy atom. The Hall–Kier alpha value is -0.920. The zero-order valence-electron chi connectivity index (χ0n) is 7.99. The van der Waals surface area contributed by atoms with Crippen molar-refractivity contribution in [3.8, 4) is 0 Å². The van der Waals surface area contributed by atoms with Crippen molar-refractivity contribution in [3.05, 3.63) is 12.2 Å². The van der Waals surface area contributed by atoms with E-state index in [0.29, 0.717) is 11.8 Å². The van der Waals surface area contributed by atoms with Crippen molar-refractivity contribution in [2.24, 2.45) is 23.7 Å². The van der Waals surface area contributed by atoms with E-state index >= 15 is 0 Å². The number of carbonyl (C=O) groups is 2. The number of hydrogen-bond donors (Lipinski definition) is 0. The van der Waals surface area contributed by atoms with E-state index in [-0.39, 0.29) is 23.4 Å². The second-order valence-corrected chi connectivity index (χ2v) is 4.22. The van der Waals surface area contributed by atoms with Crippen LogP contribution in [0, 0.1) is 23.7 Å². The van der Waals surface area contributed by atoms with Gasteiger partial charge in [-0.05, 0) is 32.1 Å². The van der Waals surface area contributed by atoms with Crippen molar-refractivity contribution in [2.75, 3.05) is 0 Å². The summed E-state index contributed by atoms with van der Waals surface area (Å²) >= 11 is 0. The normalized spacial score (nSPS) is 41.1. The van der Waals surface area contributed by atoms with Gasteiger partial charge in [0.05, 0.1) is 0 Å². The molecule has 0 aromatic rings. The molecule has 0 aromatic carbocycles. The summed E-state index contributed by atoms with van der Waals surface area (Å²) in [5.74, 6) is 1.00. The fourth-order valence-electron chi connectivity index (χ4n) is 2.93. The van der Waals surface area contributed by atoms with Gasteiger partial charge in [0.2, 0.25) is 0 Å². The third-order valence-corrected chi connectivity index (χ3v) is 3.40. The quantitative estimate of drug-likeness (QED) is 0.602. The van der Waals surface area contributed by atoms with Crippen LogP contribution in [0.3, 0.4) is 0 Å². The molecule has 13 heavy (non-hydrogen) atoms. The number of fused-ring (bicyclic) bond motifs is 2. The summed E-state index contributed by atoms with van der Waals surface area (Å²) < 4.78 is 0. The minimum absolute atomic E-state index is 0.0208. The van der Waals surface area contributed by atoms with Gasteiger partial charge in [-0.2, -0.15) is 0 Å². The van der Waals surface area contributed by atoms with Crippen LogP contribution in [0.1, 0.15) is 20.3 Å². The zero-order valence-corrected chi connectivity index (χ0v) is 7.99. The summed E-state index contributed by atoms with van der Waals surface area (Å²) in [6.07, 6.45) is 5.22. The van der Waals surface area contributed by atoms with Crippen LogP contribution < -0.4 is 0 Å². The van der Waals surface area contributed by atoms with Gasteiger partial charge < -0.3 is 0 Å². The lowest BCUT2D eigenvalue weighted by molar-refractivity contribution is -0.130. The van der Waals surface area contributed by atoms with Gasteiger partial charge in [-0.25, -0.2) is 0 Å². The highest BCUT2D eigenvalue weighted by Crippen LogP contribution is 2.48. The maximum atomic E-state index is 11.4. The van der Waals surface area contributed by atoms with Crippen LogP contribution in [0.4, 0.5) is 0 Å². The highest BCUT2D eigenvalue weighted by atomic mass is 16.1. The molecule has 0 aliphatic heterocycles. The van der Waals surface area contributed by atoms with E-state index in [1.54, 1.807) is 13.8 Å². The average Bonchev–Trinajstić information content (AvgIpc) is 2.60. The van der Waals surface area contributed by atoms with Crippen LogP contribution in [0.25, 0.3) is 0 Å². The number of rotatable bonds is 2. The molecule has 2 unspecified atom stereocenters. The summed E-state index contributed by atoms with van der Waals surface area (Å²) in [5.41, 5.74) is 0. The first kappa shape index (κ1) is 8.67. The molecule has 2 nitrogen and oxygen atoms in total. The number of ketones is 2. The van der Waals surface area contributed by atoms with E-state index in [0.717, 1.165) is 6.42 Å². The summed E-state index contributed by atoms with van der Waals surface area (Å²) in [5, 5.41) is 0. The van der Waals surface area contributed by atoms with Crippen LogP contribution in [-0.4, -0.2) is 11.6 Å². The van der Waals surface area contributed by atoms with Gasteiger partial charge in [-0.1, -0.05) is 12.2 Å². The minimum Gasteiger partial charge on any atom is -0.300 e. The van der Waals surface area contributed by atoms with Crippen molar-refractivity contribution in [1.82, 2.24) is 0 Å². The molecular formula is C11H14O2. The van der Waals surface area contributed by atoms with E-state index in [1.165, 1.54) is 0 Å². The molecular weight excluding hydrogens is 164 g/mol. The van der Waals surface area contributed by atoms with Crippen LogP contribution in [0.5, 0.6) is 0 Å². The van der Waals surface area contributed by atoms with Crippen LogP contribution in [0.2, 0.25) is 0 Å². The van der Waals surface area contributed by atoms with Crippen molar-refractivity contribution in [2.45, 2.75) is 20.3 Å². The molecule has 0 spiro atoms. The molecule has 70 valence electrons. The average molecular weight is 178 g/mol. The molecule has 2 heteroatoms. The molecule has 4 atom stereocenters. The molecule has 2 aliphatic rings. The number of carbonyl (C=O) groups excluding carboxylic acids is 2. The Morgan fingerprint density at radius 2 is 1.38 bits per heavy atom. The summed E-state index contributed by atoms with van der Waals surface area (Å²) in [4.78, 5) is 22.7. The van der Waals surface area contributed by atoms with E-state index < -0.39 is 0 Å². The predicted molar refractivity (Wildman–Crippen MR) is 49.1 cm³/mol. The molecule has 0 radical (unpaired) electrons. The SMILES string of the molecule is CC(=O)[C@H]1C2C=CC(C2)[C@@H]1C(C)=O. The Morgan fingerprint density at radius 3 is 1.69 bits per heavy atom. The van der Waals surface area contributed by atoms with Crippen LogP contribution in [-0.2, 0) is 9.59 Å². The molecule has 0 heterocycles. The second kappa shape index (κ2) is 2.79. The van der Waals surface area contributed by atoms with Gasteiger partial charge in [0.15, 0.2) is 0 Å². The maximum absolute atomic E-state index is 11.4. The first-order valence-electron chi connectivity index (χ1n) is 4.80. The molecule has 0 N–H and O–H groups in total. The molecule has 0 amide bonds. The summed E-state index contributed by atoms with van der Waals surface area (Å²) in [6.45, 7) is 3.21. The first-order valence-corrected chi connectivity index (χ1v) is 4.80. The number of Topliss-reactive ketones (excluding diaryl/α,β-unsaturated/α-hetero) is 2. The van der Waals surface area contributed by atoms with Gasteiger partial charge in [-0.3, -0.25) is 9.59 Å². The first-order chi connectivity index (χ1) is 6.11. The number of hydrogen-bond acceptors (Lipinski definition) is 2. The van der Waals surface area contributed by atoms with Gasteiger partial charge in [0.1, 0.15) is 11.6 Å². The van der Waals surface area contributed by atoms with Crippen molar-refractivity contribution < 1.29 is 9.59 Å². The molecule has 2 bridgehead atoms. The second-order valence-electron chi connectivity index (χ2n) is 4.22. The van der Waals surface area contributed by atoms with Gasteiger partial charge in [0.25, 0.3) is 0 Å². The van der Waals surface area contributed by atoms with Crippen molar-refractivity contribution in [1.29, 1.82) is 0 Å². The fourth-order valence-corrected chi connectivity index (χ4v) is 2.93. The molecule has 2 aliphatic carbocycles. The Bertz CT molecular complexity index is 262. The highest BCUT2D eigenvalue weighted by molar-refractivity contribution is 5.89. The molecule has 2 rings (SSSR count). The Kier molecular flexibility index (Phi) is 1.86. The lowest BCUT2D eigenvalue weighted by Gasteiger charge is -2.23. The van der Waals surface area contributed by atoms with Gasteiger partial charge in [-0.15, -0.1) is 0 Å². The van der Waals surface area contributed by atoms with Crippen molar-refractivity contribution in [3.63, 3.8) is 0 Å². The highest BCUT2D eigenvalue weighted by Gasteiger charge is 2.48. The predicted octanol–water partition coefficient (Wildman–Crippen LogP) is 1.60. The Labute approximate surface area is 78.0 Å². The van der Waals surface area contributed by atoms with E-state index in [9.17, 15) is 9.59 Å². The molecule has 0 aromatic heterocycles. The monoisotopic (exact) mass is 178 g/mol. The molecule has 1 saturated carbocycles. The van der Waals surface area contributed by atoms with E-state index in [1.807, 2.05) is 0 Å². The summed E-state index contributed by atoms with van der Waals surface area (Å²) in [6, 6.07) is 0. The van der Waals surface area contributed by atoms with E-state index in [2.05, 4.69) is 12.2 Å².